The van der Waals surface area contributed by atoms with Gasteiger partial charge in [0.2, 0.25) is 0 Å². The van der Waals surface area contributed by atoms with E-state index in [0.29, 0.717) is 27.5 Å². The SMILES string of the molecule is COc1cc(/C=C2\SC(=O)N(Cc3ccc4ccccc4c3)C2=O)ccc1OCc1cccc([N+](=O)[O-])c1. The minimum atomic E-state index is -0.456. The molecule has 190 valence electrons. The molecule has 1 aliphatic rings. The van der Waals surface area contributed by atoms with Gasteiger partial charge in [-0.05, 0) is 63.5 Å². The van der Waals surface area contributed by atoms with Crippen LogP contribution in [0.1, 0.15) is 16.7 Å². The third-order valence-corrected chi connectivity index (χ3v) is 6.94. The van der Waals surface area contributed by atoms with Gasteiger partial charge in [-0.25, -0.2) is 0 Å². The maximum absolute atomic E-state index is 13.1. The number of rotatable bonds is 8. The monoisotopic (exact) mass is 526 g/mol. The number of fused-ring (bicyclic) bond motifs is 1. The number of hydrogen-bond donors (Lipinski definition) is 0. The molecule has 38 heavy (non-hydrogen) atoms. The molecule has 0 aliphatic carbocycles. The van der Waals surface area contributed by atoms with Crippen LogP contribution in [0.2, 0.25) is 0 Å². The van der Waals surface area contributed by atoms with Gasteiger partial charge in [0.05, 0.1) is 23.5 Å². The molecule has 2 amide bonds. The molecule has 0 radical (unpaired) electrons. The molecule has 9 heteroatoms. The van der Waals surface area contributed by atoms with Crippen LogP contribution in [0.3, 0.4) is 0 Å². The lowest BCUT2D eigenvalue weighted by Gasteiger charge is -2.13. The summed E-state index contributed by atoms with van der Waals surface area (Å²) in [6, 6.07) is 25.2. The normalized spacial score (nSPS) is 14.3. The molecule has 4 aromatic rings. The van der Waals surface area contributed by atoms with Gasteiger partial charge in [0, 0.05) is 12.1 Å². The van der Waals surface area contributed by atoms with Crippen molar-refractivity contribution in [2.24, 2.45) is 0 Å². The topological polar surface area (TPSA) is 99.0 Å². The number of amides is 2. The third-order valence-electron chi connectivity index (χ3n) is 6.03. The van der Waals surface area contributed by atoms with Gasteiger partial charge in [0.1, 0.15) is 6.61 Å². The van der Waals surface area contributed by atoms with Gasteiger partial charge in [0.25, 0.3) is 16.8 Å². The van der Waals surface area contributed by atoms with Gasteiger partial charge in [0.15, 0.2) is 11.5 Å². The standard InChI is InChI=1S/C29H22N2O6S/c1-36-26-15-19(10-12-25(26)37-18-21-5-4-8-24(14-21)31(34)35)16-27-28(32)30(29(33)38-27)17-20-9-11-22-6-2-3-7-23(22)13-20/h2-16H,17-18H2,1H3/b27-16-. The van der Waals surface area contributed by atoms with Crippen LogP contribution in [0.25, 0.3) is 16.8 Å². The summed E-state index contributed by atoms with van der Waals surface area (Å²) in [5, 5.41) is 12.8. The zero-order valence-corrected chi connectivity index (χ0v) is 21.1. The molecule has 0 unspecified atom stereocenters. The highest BCUT2D eigenvalue weighted by atomic mass is 32.2. The van der Waals surface area contributed by atoms with Crippen molar-refractivity contribution in [1.82, 2.24) is 4.90 Å². The molecule has 0 N–H and O–H groups in total. The number of imide groups is 1. The van der Waals surface area contributed by atoms with Gasteiger partial charge in [-0.15, -0.1) is 0 Å². The molecule has 0 aromatic heterocycles. The second-order valence-corrected chi connectivity index (χ2v) is 9.57. The highest BCUT2D eigenvalue weighted by Crippen LogP contribution is 2.36. The molecule has 5 rings (SSSR count). The Hall–Kier alpha value is -4.63. The fraction of sp³-hybridized carbons (Fsp3) is 0.103. The van der Waals surface area contributed by atoms with Crippen LogP contribution in [0, 0.1) is 10.1 Å². The van der Waals surface area contributed by atoms with Gasteiger partial charge in [-0.2, -0.15) is 0 Å². The van der Waals surface area contributed by atoms with Gasteiger partial charge >= 0.3 is 0 Å². The molecule has 0 atom stereocenters. The molecular formula is C29H22N2O6S. The molecule has 8 nitrogen and oxygen atoms in total. The number of nitro benzene ring substituents is 1. The summed E-state index contributed by atoms with van der Waals surface area (Å²) in [4.78, 5) is 37.8. The molecule has 1 heterocycles. The summed E-state index contributed by atoms with van der Waals surface area (Å²) < 4.78 is 11.3. The van der Waals surface area contributed by atoms with Crippen LogP contribution in [0.15, 0.2) is 89.8 Å². The molecular weight excluding hydrogens is 504 g/mol. The number of carbonyl (C=O) groups is 2. The van der Waals surface area contributed by atoms with Gasteiger partial charge in [-0.3, -0.25) is 24.6 Å². The average Bonchev–Trinajstić information content (AvgIpc) is 3.19. The smallest absolute Gasteiger partial charge is 0.293 e. The molecule has 4 aromatic carbocycles. The maximum Gasteiger partial charge on any atom is 0.293 e. The number of nitro groups is 1. The minimum Gasteiger partial charge on any atom is -0.493 e. The van der Waals surface area contributed by atoms with E-state index in [4.69, 9.17) is 9.47 Å². The number of methoxy groups -OCH3 is 1. The Kier molecular flexibility index (Phi) is 7.10. The number of thioether (sulfide) groups is 1. The van der Waals surface area contributed by atoms with Crippen molar-refractivity contribution in [1.29, 1.82) is 0 Å². The highest BCUT2D eigenvalue weighted by Gasteiger charge is 2.35. The second-order valence-electron chi connectivity index (χ2n) is 8.58. The highest BCUT2D eigenvalue weighted by molar-refractivity contribution is 8.18. The summed E-state index contributed by atoms with van der Waals surface area (Å²) in [6.07, 6.45) is 1.65. The second kappa shape index (κ2) is 10.8. The third kappa shape index (κ3) is 5.37. The van der Waals surface area contributed by atoms with Crippen molar-refractivity contribution in [3.05, 3.63) is 117 Å². The largest absolute Gasteiger partial charge is 0.493 e. The Morgan fingerprint density at radius 1 is 0.895 bits per heavy atom. The number of carbonyl (C=O) groups excluding carboxylic acids is 2. The average molecular weight is 527 g/mol. The molecule has 0 bridgehead atoms. The van der Waals surface area contributed by atoms with Crippen LogP contribution in [-0.2, 0) is 17.9 Å². The zero-order chi connectivity index (χ0) is 26.6. The number of non-ortho nitro benzene ring substituents is 1. The van der Waals surface area contributed by atoms with E-state index < -0.39 is 4.92 Å². The van der Waals surface area contributed by atoms with E-state index in [9.17, 15) is 19.7 Å². The molecule has 1 saturated heterocycles. The lowest BCUT2D eigenvalue weighted by Crippen LogP contribution is -2.27. The Morgan fingerprint density at radius 3 is 2.50 bits per heavy atom. The maximum atomic E-state index is 13.1. The van der Waals surface area contributed by atoms with Crippen molar-refractivity contribution in [2.75, 3.05) is 7.11 Å². The first kappa shape index (κ1) is 25.0. The van der Waals surface area contributed by atoms with E-state index in [-0.39, 0.29) is 30.0 Å². The molecule has 0 spiro atoms. The van der Waals surface area contributed by atoms with Crippen molar-refractivity contribution < 1.29 is 24.0 Å². The van der Waals surface area contributed by atoms with E-state index in [1.165, 1.54) is 24.1 Å². The van der Waals surface area contributed by atoms with Crippen LogP contribution in [0.5, 0.6) is 11.5 Å². The Bertz CT molecular complexity index is 1600. The predicted octanol–water partition coefficient (Wildman–Crippen LogP) is 6.57. The van der Waals surface area contributed by atoms with E-state index in [1.807, 2.05) is 42.5 Å². The predicted molar refractivity (Wildman–Crippen MR) is 146 cm³/mol. The summed E-state index contributed by atoms with van der Waals surface area (Å²) in [5.41, 5.74) is 2.17. The molecule has 1 fully saturated rings. The number of hydrogen-bond acceptors (Lipinski definition) is 7. The van der Waals surface area contributed by atoms with E-state index in [2.05, 4.69) is 0 Å². The van der Waals surface area contributed by atoms with E-state index >= 15 is 0 Å². The lowest BCUT2D eigenvalue weighted by molar-refractivity contribution is -0.384. The Labute approximate surface area is 222 Å². The summed E-state index contributed by atoms with van der Waals surface area (Å²) in [5.74, 6) is 0.526. The first-order chi connectivity index (χ1) is 18.4. The number of ether oxygens (including phenoxy) is 2. The van der Waals surface area contributed by atoms with Crippen molar-refractivity contribution >= 4 is 45.4 Å². The number of benzene rings is 4. The number of nitrogens with zero attached hydrogens (tertiary/aromatic N) is 2. The van der Waals surface area contributed by atoms with Crippen LogP contribution in [-0.4, -0.2) is 28.1 Å². The first-order valence-electron chi connectivity index (χ1n) is 11.7. The Balaban J connectivity index is 1.30. The fourth-order valence-corrected chi connectivity index (χ4v) is 4.96. The van der Waals surface area contributed by atoms with Crippen LogP contribution >= 0.6 is 11.8 Å². The summed E-state index contributed by atoms with van der Waals surface area (Å²) in [6.45, 7) is 0.311. The van der Waals surface area contributed by atoms with Crippen LogP contribution in [0.4, 0.5) is 10.5 Å². The molecule has 1 aliphatic heterocycles. The zero-order valence-electron chi connectivity index (χ0n) is 20.3. The van der Waals surface area contributed by atoms with Crippen LogP contribution < -0.4 is 9.47 Å². The first-order valence-corrected chi connectivity index (χ1v) is 12.5. The Morgan fingerprint density at radius 2 is 1.71 bits per heavy atom. The van der Waals surface area contributed by atoms with Crippen molar-refractivity contribution in [3.8, 4) is 11.5 Å². The van der Waals surface area contributed by atoms with E-state index in [0.717, 1.165) is 28.1 Å². The molecule has 0 saturated carbocycles. The minimum absolute atomic E-state index is 0.0111. The summed E-state index contributed by atoms with van der Waals surface area (Å²) >= 11 is 0.900. The van der Waals surface area contributed by atoms with Gasteiger partial charge < -0.3 is 9.47 Å². The van der Waals surface area contributed by atoms with E-state index in [1.54, 1.807) is 36.4 Å². The van der Waals surface area contributed by atoms with Crippen molar-refractivity contribution in [3.63, 3.8) is 0 Å². The van der Waals surface area contributed by atoms with Crippen molar-refractivity contribution in [2.45, 2.75) is 13.2 Å². The van der Waals surface area contributed by atoms with Gasteiger partial charge in [-0.1, -0.05) is 54.6 Å². The fourth-order valence-electron chi connectivity index (χ4n) is 4.12. The quantitative estimate of drug-likeness (QED) is 0.145. The lowest BCUT2D eigenvalue weighted by atomic mass is 10.1. The summed E-state index contributed by atoms with van der Waals surface area (Å²) in [7, 11) is 1.50.